The molecule has 0 aromatic rings. The first-order valence-corrected chi connectivity index (χ1v) is 10.1. The Morgan fingerprint density at radius 1 is 0.636 bits per heavy atom. The van der Waals surface area contributed by atoms with Gasteiger partial charge in [-0.25, -0.2) is 0 Å². The summed E-state index contributed by atoms with van der Waals surface area (Å²) in [6.45, 7) is -3.53. The molecule has 0 aromatic heterocycles. The minimum absolute atomic E-state index is 0.805. The number of hydrogen-bond donors (Lipinski definition) is 11. The average Bonchev–Trinajstić information content (AvgIpc) is 3.18. The highest BCUT2D eigenvalue weighted by molar-refractivity contribution is 5.00. The van der Waals surface area contributed by atoms with Gasteiger partial charge >= 0.3 is 5.97 Å². The van der Waals surface area contributed by atoms with Crippen LogP contribution in [0.15, 0.2) is 0 Å². The fourth-order valence-electron chi connectivity index (χ4n) is 3.86. The summed E-state index contributed by atoms with van der Waals surface area (Å²) in [5.74, 6) is -5.48. The molecule has 194 valence electrons. The molecule has 13 unspecified atom stereocenters. The number of aliphatic hydroxyl groups excluding tert-OH is 10. The fraction of sp³-hybridized carbons (Fsp3) is 1.00. The first-order valence-electron chi connectivity index (χ1n) is 10.1. The van der Waals surface area contributed by atoms with Crippen LogP contribution < -0.4 is 0 Å². The summed E-state index contributed by atoms with van der Waals surface area (Å²) in [4.78, 5) is 0. The van der Waals surface area contributed by atoms with E-state index in [2.05, 4.69) is 0 Å². The lowest BCUT2D eigenvalue weighted by molar-refractivity contribution is -0.426. The molecule has 3 aliphatic heterocycles. The molecular weight excluding hydrogens is 460 g/mol. The van der Waals surface area contributed by atoms with Gasteiger partial charge in [0.05, 0.1) is 19.8 Å². The van der Waals surface area contributed by atoms with E-state index in [-0.39, 0.29) is 0 Å². The minimum Gasteiger partial charge on any atom is -0.394 e. The zero-order valence-electron chi connectivity index (χ0n) is 17.1. The van der Waals surface area contributed by atoms with Crippen molar-refractivity contribution in [1.82, 2.24) is 0 Å². The molecule has 3 fully saturated rings. The normalized spacial score (nSPS) is 53.0. The van der Waals surface area contributed by atoms with E-state index in [1.807, 2.05) is 0 Å². The third-order valence-electron chi connectivity index (χ3n) is 5.91. The Labute approximate surface area is 186 Å². The maximum Gasteiger partial charge on any atom is 0.311 e. The second-order valence-corrected chi connectivity index (χ2v) is 8.09. The van der Waals surface area contributed by atoms with E-state index in [4.69, 9.17) is 23.7 Å². The van der Waals surface area contributed by atoms with Crippen molar-refractivity contribution in [2.24, 2.45) is 0 Å². The topological polar surface area (TPSA) is 269 Å². The highest BCUT2D eigenvalue weighted by Gasteiger charge is 2.62. The van der Waals surface area contributed by atoms with E-state index in [1.165, 1.54) is 0 Å². The summed E-state index contributed by atoms with van der Waals surface area (Å²) < 4.78 is 26.0. The highest BCUT2D eigenvalue weighted by Crippen LogP contribution is 2.39. The van der Waals surface area contributed by atoms with Gasteiger partial charge in [-0.1, -0.05) is 0 Å². The summed E-state index contributed by atoms with van der Waals surface area (Å²) in [6, 6.07) is 0. The van der Waals surface area contributed by atoms with Crippen LogP contribution in [0.3, 0.4) is 0 Å². The Balaban J connectivity index is 1.84. The smallest absolute Gasteiger partial charge is 0.311 e. The second kappa shape index (κ2) is 10.2. The van der Waals surface area contributed by atoms with Crippen LogP contribution in [0.1, 0.15) is 0 Å². The predicted molar refractivity (Wildman–Crippen MR) is 96.4 cm³/mol. The predicted octanol–water partition coefficient (Wildman–Crippen LogP) is -7.61. The van der Waals surface area contributed by atoms with Gasteiger partial charge in [-0.3, -0.25) is 0 Å². The average molecular weight is 490 g/mol. The molecule has 0 amide bonds. The molecule has 16 heteroatoms. The van der Waals surface area contributed by atoms with Gasteiger partial charge in [0, 0.05) is 0 Å². The molecule has 3 heterocycles. The van der Waals surface area contributed by atoms with Crippen molar-refractivity contribution in [3.05, 3.63) is 0 Å². The van der Waals surface area contributed by atoms with Crippen LogP contribution in [0.5, 0.6) is 0 Å². The van der Waals surface area contributed by atoms with Crippen LogP contribution in [0, 0.1) is 0 Å². The monoisotopic (exact) mass is 490 g/mol. The second-order valence-electron chi connectivity index (χ2n) is 8.09. The van der Waals surface area contributed by atoms with Crippen LogP contribution >= 0.6 is 0 Å². The van der Waals surface area contributed by atoms with Crippen LogP contribution in [-0.2, 0) is 23.7 Å². The summed E-state index contributed by atoms with van der Waals surface area (Å²) in [6.07, 6.45) is -19.5. The van der Waals surface area contributed by atoms with Crippen LogP contribution in [0.4, 0.5) is 0 Å². The molecule has 0 radical (unpaired) electrons. The van der Waals surface area contributed by atoms with E-state index in [1.54, 1.807) is 0 Å². The Morgan fingerprint density at radius 3 is 1.70 bits per heavy atom. The van der Waals surface area contributed by atoms with Crippen LogP contribution in [-0.4, -0.2) is 162 Å². The number of rotatable bonds is 8. The lowest BCUT2D eigenvalue weighted by Crippen LogP contribution is -2.63. The summed E-state index contributed by atoms with van der Waals surface area (Å²) >= 11 is 0. The molecule has 16 nitrogen and oxygen atoms in total. The first kappa shape index (κ1) is 27.0. The fourth-order valence-corrected chi connectivity index (χ4v) is 3.86. The standard InChI is InChI=1S/C17H30O16/c18-1-5-8(21)11(24)12(25)15(30-5)33-16(13(26)9(22)6(2-19)31-16)4-29-17(28)14(27)10(23)7(3-20)32-17/h5-15,18-28H,1-4H2. The molecule has 33 heavy (non-hydrogen) atoms. The number of hydrogen-bond acceptors (Lipinski definition) is 16. The molecule has 0 saturated carbocycles. The largest absolute Gasteiger partial charge is 0.394 e. The lowest BCUT2D eigenvalue weighted by atomic mass is 9.99. The van der Waals surface area contributed by atoms with Gasteiger partial charge in [0.1, 0.15) is 61.5 Å². The molecule has 3 rings (SSSR count). The third kappa shape index (κ3) is 4.76. The lowest BCUT2D eigenvalue weighted by Gasteiger charge is -2.44. The van der Waals surface area contributed by atoms with Gasteiger partial charge in [0.2, 0.25) is 5.79 Å². The van der Waals surface area contributed by atoms with Gasteiger partial charge in [0.25, 0.3) is 0 Å². The van der Waals surface area contributed by atoms with E-state index in [0.29, 0.717) is 0 Å². The SMILES string of the molecule is OCC1OC(OC2(COC3(O)OC(CO)C(O)C3O)OC(CO)C(O)C2O)C(O)C(O)C1O. The van der Waals surface area contributed by atoms with Crippen molar-refractivity contribution in [3.8, 4) is 0 Å². The van der Waals surface area contributed by atoms with Crippen molar-refractivity contribution in [3.63, 3.8) is 0 Å². The van der Waals surface area contributed by atoms with Gasteiger partial charge in [0.15, 0.2) is 12.4 Å². The molecule has 3 saturated heterocycles. The maximum atomic E-state index is 10.6. The summed E-state index contributed by atoms with van der Waals surface area (Å²) in [5.41, 5.74) is 0. The van der Waals surface area contributed by atoms with Gasteiger partial charge in [-0.2, -0.15) is 0 Å². The van der Waals surface area contributed by atoms with Gasteiger partial charge in [-0.15, -0.1) is 0 Å². The molecule has 0 spiro atoms. The van der Waals surface area contributed by atoms with Crippen molar-refractivity contribution < 1.29 is 79.9 Å². The highest BCUT2D eigenvalue weighted by atomic mass is 16.9. The number of aliphatic hydroxyl groups is 11. The summed E-state index contributed by atoms with van der Waals surface area (Å²) in [7, 11) is 0. The van der Waals surface area contributed by atoms with Crippen molar-refractivity contribution in [2.45, 2.75) is 79.1 Å². The molecule has 0 bridgehead atoms. The Bertz CT molecular complexity index is 653. The Morgan fingerprint density at radius 2 is 1.18 bits per heavy atom. The maximum absolute atomic E-state index is 10.6. The Kier molecular flexibility index (Phi) is 8.29. The van der Waals surface area contributed by atoms with Crippen molar-refractivity contribution in [1.29, 1.82) is 0 Å². The van der Waals surface area contributed by atoms with Gasteiger partial charge < -0.3 is 79.9 Å². The van der Waals surface area contributed by atoms with Crippen LogP contribution in [0.25, 0.3) is 0 Å². The zero-order chi connectivity index (χ0) is 24.7. The molecular formula is C17H30O16. The van der Waals surface area contributed by atoms with E-state index in [9.17, 15) is 56.2 Å². The number of ether oxygens (including phenoxy) is 5. The molecule has 0 aromatic carbocycles. The van der Waals surface area contributed by atoms with Crippen LogP contribution in [0.2, 0.25) is 0 Å². The van der Waals surface area contributed by atoms with E-state index < -0.39 is 106 Å². The first-order chi connectivity index (χ1) is 15.4. The Hall–Kier alpha value is -0.640. The van der Waals surface area contributed by atoms with Gasteiger partial charge in [-0.05, 0) is 0 Å². The zero-order valence-corrected chi connectivity index (χ0v) is 17.1. The van der Waals surface area contributed by atoms with Crippen molar-refractivity contribution in [2.75, 3.05) is 26.4 Å². The minimum atomic E-state index is -2.94. The van der Waals surface area contributed by atoms with Crippen molar-refractivity contribution >= 4 is 0 Å². The molecule has 3 aliphatic rings. The molecule has 13 atom stereocenters. The van der Waals surface area contributed by atoms with E-state index >= 15 is 0 Å². The van der Waals surface area contributed by atoms with E-state index in [0.717, 1.165) is 0 Å². The molecule has 0 aliphatic carbocycles. The summed E-state index contributed by atoms with van der Waals surface area (Å²) in [5, 5.41) is 109. The third-order valence-corrected chi connectivity index (χ3v) is 5.91. The molecule has 11 N–H and O–H groups in total. The quantitative estimate of drug-likeness (QED) is 0.141.